The minimum Gasteiger partial charge on any atom is -0.508 e. The van der Waals surface area contributed by atoms with Gasteiger partial charge in [0, 0.05) is 25.4 Å². The molecular formula is C27H29NO2. The molecule has 154 valence electrons. The topological polar surface area (TPSA) is 40.5 Å². The first kappa shape index (κ1) is 20.2. The highest BCUT2D eigenvalue weighted by Gasteiger charge is 2.32. The van der Waals surface area contributed by atoms with Gasteiger partial charge in [-0.1, -0.05) is 72.8 Å². The predicted molar refractivity (Wildman–Crippen MR) is 120 cm³/mol. The predicted octanol–water partition coefficient (Wildman–Crippen LogP) is 5.40. The molecule has 0 saturated carbocycles. The molecule has 0 spiro atoms. The average Bonchev–Trinajstić information content (AvgIpc) is 2.77. The van der Waals surface area contributed by atoms with Crippen LogP contribution in [0.4, 0.5) is 0 Å². The third-order valence-electron chi connectivity index (χ3n) is 6.13. The number of phenols is 1. The highest BCUT2D eigenvalue weighted by molar-refractivity contribution is 5.77. The molecule has 0 radical (unpaired) electrons. The number of nitrogens with zero attached hydrogens (tertiary/aromatic N) is 1. The fourth-order valence-electron chi connectivity index (χ4n) is 4.67. The van der Waals surface area contributed by atoms with Crippen molar-refractivity contribution in [2.45, 2.75) is 31.6 Å². The second-order valence-electron chi connectivity index (χ2n) is 8.21. The fourth-order valence-corrected chi connectivity index (χ4v) is 4.67. The van der Waals surface area contributed by atoms with Crippen LogP contribution >= 0.6 is 0 Å². The van der Waals surface area contributed by atoms with Crippen molar-refractivity contribution in [1.29, 1.82) is 0 Å². The molecule has 1 unspecified atom stereocenters. The second-order valence-corrected chi connectivity index (χ2v) is 8.21. The van der Waals surface area contributed by atoms with Gasteiger partial charge < -0.3 is 10.0 Å². The molecule has 1 atom stereocenters. The number of carbonyl (C=O) groups excluding carboxylic acids is 1. The Bertz CT molecular complexity index is 915. The molecule has 3 nitrogen and oxygen atoms in total. The normalized spacial score (nSPS) is 16.8. The first-order chi connectivity index (χ1) is 14.7. The van der Waals surface area contributed by atoms with E-state index in [9.17, 15) is 9.90 Å². The van der Waals surface area contributed by atoms with Crippen molar-refractivity contribution in [3.8, 4) is 5.75 Å². The summed E-state index contributed by atoms with van der Waals surface area (Å²) in [5.74, 6) is 1.28. The number of benzene rings is 3. The van der Waals surface area contributed by atoms with E-state index in [1.807, 2.05) is 18.2 Å². The second kappa shape index (κ2) is 9.62. The molecule has 1 heterocycles. The van der Waals surface area contributed by atoms with Crippen LogP contribution in [0.15, 0.2) is 84.9 Å². The zero-order valence-corrected chi connectivity index (χ0v) is 17.3. The summed E-state index contributed by atoms with van der Waals surface area (Å²) in [6.07, 6.45) is 3.32. The smallest absolute Gasteiger partial charge is 0.222 e. The maximum absolute atomic E-state index is 12.6. The number of phenolic OH excluding ortho intramolecular Hbond substituents is 1. The van der Waals surface area contributed by atoms with Crippen LogP contribution in [0.3, 0.4) is 0 Å². The third kappa shape index (κ3) is 4.91. The standard InChI is InChI=1S/C27H29NO2/c29-25-15-7-9-21(19-25)10-8-18-28-20-24(16-17-26(28)30)27(22-11-3-1-4-12-22)23-13-5-2-6-14-23/h1-7,9,11-15,19,24,27,29H,8,10,16-18,20H2. The highest BCUT2D eigenvalue weighted by Crippen LogP contribution is 2.37. The van der Waals surface area contributed by atoms with Gasteiger partial charge in [0.2, 0.25) is 5.91 Å². The van der Waals surface area contributed by atoms with Gasteiger partial charge in [-0.15, -0.1) is 0 Å². The highest BCUT2D eigenvalue weighted by atomic mass is 16.3. The van der Waals surface area contributed by atoms with Crippen molar-refractivity contribution in [2.24, 2.45) is 5.92 Å². The van der Waals surface area contributed by atoms with Gasteiger partial charge in [-0.2, -0.15) is 0 Å². The van der Waals surface area contributed by atoms with Crippen molar-refractivity contribution in [1.82, 2.24) is 4.90 Å². The lowest BCUT2D eigenvalue weighted by molar-refractivity contribution is -0.135. The van der Waals surface area contributed by atoms with Crippen molar-refractivity contribution in [2.75, 3.05) is 13.1 Å². The van der Waals surface area contributed by atoms with Crippen molar-refractivity contribution in [3.05, 3.63) is 102 Å². The Hall–Kier alpha value is -3.07. The number of piperidine rings is 1. The molecular weight excluding hydrogens is 370 g/mol. The first-order valence-electron chi connectivity index (χ1n) is 10.9. The van der Waals surface area contributed by atoms with E-state index in [4.69, 9.17) is 0 Å². The summed E-state index contributed by atoms with van der Waals surface area (Å²) in [5, 5.41) is 9.65. The Morgan fingerprint density at radius 1 is 0.900 bits per heavy atom. The lowest BCUT2D eigenvalue weighted by Crippen LogP contribution is -2.42. The number of carbonyl (C=O) groups is 1. The molecule has 1 N–H and O–H groups in total. The molecule has 0 aliphatic carbocycles. The number of rotatable bonds is 7. The van der Waals surface area contributed by atoms with Gasteiger partial charge in [-0.3, -0.25) is 4.79 Å². The minimum absolute atomic E-state index is 0.266. The van der Waals surface area contributed by atoms with Gasteiger partial charge >= 0.3 is 0 Å². The number of likely N-dealkylation sites (tertiary alicyclic amines) is 1. The molecule has 3 aromatic rings. The molecule has 1 aliphatic heterocycles. The molecule has 0 bridgehead atoms. The van der Waals surface area contributed by atoms with Crippen LogP contribution in [0.1, 0.15) is 41.9 Å². The Balaban J connectivity index is 1.47. The fraction of sp³-hybridized carbons (Fsp3) is 0.296. The van der Waals surface area contributed by atoms with Crippen LogP contribution in [0.25, 0.3) is 0 Å². The van der Waals surface area contributed by atoms with Crippen LogP contribution in [-0.2, 0) is 11.2 Å². The number of hydrogen-bond acceptors (Lipinski definition) is 2. The largest absolute Gasteiger partial charge is 0.508 e. The number of aromatic hydroxyl groups is 1. The summed E-state index contributed by atoms with van der Waals surface area (Å²) in [5.41, 5.74) is 3.76. The third-order valence-corrected chi connectivity index (χ3v) is 6.13. The lowest BCUT2D eigenvalue weighted by Gasteiger charge is -2.37. The Labute approximate surface area is 179 Å². The van der Waals surface area contributed by atoms with Gasteiger partial charge in [0.15, 0.2) is 0 Å². The summed E-state index contributed by atoms with van der Waals surface area (Å²) in [6.45, 7) is 1.56. The van der Waals surface area contributed by atoms with E-state index in [0.717, 1.165) is 37.9 Å². The van der Waals surface area contributed by atoms with Crippen LogP contribution in [-0.4, -0.2) is 29.0 Å². The van der Waals surface area contributed by atoms with E-state index >= 15 is 0 Å². The van der Waals surface area contributed by atoms with Gasteiger partial charge in [0.05, 0.1) is 0 Å². The first-order valence-corrected chi connectivity index (χ1v) is 10.9. The zero-order valence-electron chi connectivity index (χ0n) is 17.3. The summed E-state index contributed by atoms with van der Waals surface area (Å²) in [7, 11) is 0. The van der Waals surface area contributed by atoms with Crippen LogP contribution < -0.4 is 0 Å². The molecule has 1 aliphatic rings. The number of hydrogen-bond donors (Lipinski definition) is 1. The van der Waals surface area contributed by atoms with Crippen molar-refractivity contribution < 1.29 is 9.90 Å². The van der Waals surface area contributed by atoms with E-state index in [-0.39, 0.29) is 5.91 Å². The summed E-state index contributed by atoms with van der Waals surface area (Å²) in [6, 6.07) is 28.8. The Morgan fingerprint density at radius 3 is 2.20 bits per heavy atom. The molecule has 30 heavy (non-hydrogen) atoms. The van der Waals surface area contributed by atoms with Crippen LogP contribution in [0.5, 0.6) is 5.75 Å². The van der Waals surface area contributed by atoms with Gasteiger partial charge in [-0.25, -0.2) is 0 Å². The minimum atomic E-state index is 0.266. The molecule has 1 amide bonds. The molecule has 1 saturated heterocycles. The summed E-state index contributed by atoms with van der Waals surface area (Å²) < 4.78 is 0. The maximum atomic E-state index is 12.6. The SMILES string of the molecule is O=C1CCC(C(c2ccccc2)c2ccccc2)CN1CCCc1cccc(O)c1. The number of amides is 1. The van der Waals surface area contributed by atoms with Crippen molar-refractivity contribution in [3.63, 3.8) is 0 Å². The van der Waals surface area contributed by atoms with Gasteiger partial charge in [0.25, 0.3) is 0 Å². The summed E-state index contributed by atoms with van der Waals surface area (Å²) in [4.78, 5) is 14.7. The Kier molecular flexibility index (Phi) is 6.48. The molecule has 3 aromatic carbocycles. The monoisotopic (exact) mass is 399 g/mol. The zero-order chi connectivity index (χ0) is 20.8. The van der Waals surface area contributed by atoms with Gasteiger partial charge in [0.1, 0.15) is 5.75 Å². The maximum Gasteiger partial charge on any atom is 0.222 e. The van der Waals surface area contributed by atoms with E-state index in [1.54, 1.807) is 6.07 Å². The molecule has 3 heteroatoms. The molecule has 1 fully saturated rings. The van der Waals surface area contributed by atoms with E-state index in [1.165, 1.54) is 11.1 Å². The Morgan fingerprint density at radius 2 is 1.57 bits per heavy atom. The lowest BCUT2D eigenvalue weighted by atomic mass is 9.77. The molecule has 0 aromatic heterocycles. The van der Waals surface area contributed by atoms with Crippen LogP contribution in [0.2, 0.25) is 0 Å². The van der Waals surface area contributed by atoms with E-state index in [0.29, 0.717) is 24.0 Å². The van der Waals surface area contributed by atoms with Gasteiger partial charge in [-0.05, 0) is 54.0 Å². The van der Waals surface area contributed by atoms with Crippen LogP contribution in [0, 0.1) is 5.92 Å². The van der Waals surface area contributed by atoms with E-state index < -0.39 is 0 Å². The molecule has 4 rings (SSSR count). The average molecular weight is 400 g/mol. The quantitative estimate of drug-likeness (QED) is 0.578. The van der Waals surface area contributed by atoms with E-state index in [2.05, 4.69) is 65.6 Å². The van der Waals surface area contributed by atoms with Crippen molar-refractivity contribution >= 4 is 5.91 Å². The number of aryl methyl sites for hydroxylation is 1. The summed E-state index contributed by atoms with van der Waals surface area (Å²) >= 11 is 0.